The number of rotatable bonds is 7. The lowest BCUT2D eigenvalue weighted by Crippen LogP contribution is -2.54. The van der Waals surface area contributed by atoms with Gasteiger partial charge in [-0.15, -0.1) is 0 Å². The number of imide groups is 2. The zero-order chi connectivity index (χ0) is 24.3. The largest absolute Gasteiger partial charge is 0.490 e. The molecule has 0 atom stereocenters. The second kappa shape index (κ2) is 9.86. The van der Waals surface area contributed by atoms with E-state index in [0.717, 1.165) is 16.0 Å². The van der Waals surface area contributed by atoms with E-state index in [4.69, 9.17) is 14.6 Å². The highest BCUT2D eigenvalue weighted by Gasteiger charge is 2.37. The summed E-state index contributed by atoms with van der Waals surface area (Å²) < 4.78 is 11.2. The number of barbiturate groups is 1. The van der Waals surface area contributed by atoms with Gasteiger partial charge in [0, 0.05) is 0 Å². The predicted molar refractivity (Wildman–Crippen MR) is 123 cm³/mol. The molecule has 0 radical (unpaired) electrons. The zero-order valence-corrected chi connectivity index (χ0v) is 19.7. The molecule has 33 heavy (non-hydrogen) atoms. The van der Waals surface area contributed by atoms with Crippen LogP contribution in [0.5, 0.6) is 11.5 Å². The van der Waals surface area contributed by atoms with Crippen LogP contribution < -0.4 is 19.7 Å². The average Bonchev–Trinajstić information content (AvgIpc) is 2.69. The van der Waals surface area contributed by atoms with Crippen LogP contribution in [0.4, 0.5) is 10.5 Å². The van der Waals surface area contributed by atoms with Crippen LogP contribution in [0.2, 0.25) is 0 Å². The molecule has 2 N–H and O–H groups in total. The lowest BCUT2D eigenvalue weighted by molar-refractivity contribution is -0.139. The first kappa shape index (κ1) is 24.0. The Morgan fingerprint density at radius 2 is 1.76 bits per heavy atom. The van der Waals surface area contributed by atoms with E-state index in [9.17, 15) is 19.2 Å². The van der Waals surface area contributed by atoms with Crippen molar-refractivity contribution in [2.75, 3.05) is 18.1 Å². The zero-order valence-electron chi connectivity index (χ0n) is 18.1. The van der Waals surface area contributed by atoms with E-state index in [1.807, 2.05) is 19.9 Å². The maximum absolute atomic E-state index is 13.2. The van der Waals surface area contributed by atoms with E-state index in [0.29, 0.717) is 15.7 Å². The second-order valence-corrected chi connectivity index (χ2v) is 8.10. The minimum atomic E-state index is -1.16. The van der Waals surface area contributed by atoms with Gasteiger partial charge in [0.15, 0.2) is 18.1 Å². The van der Waals surface area contributed by atoms with Crippen molar-refractivity contribution in [1.82, 2.24) is 5.32 Å². The Morgan fingerprint density at radius 1 is 1.09 bits per heavy atom. The molecule has 10 heteroatoms. The number of urea groups is 1. The maximum atomic E-state index is 13.2. The molecule has 1 heterocycles. The second-order valence-electron chi connectivity index (χ2n) is 7.25. The van der Waals surface area contributed by atoms with Crippen LogP contribution in [0.3, 0.4) is 0 Å². The minimum Gasteiger partial charge on any atom is -0.490 e. The summed E-state index contributed by atoms with van der Waals surface area (Å²) in [6.07, 6.45) is 1.33. The predicted octanol–water partition coefficient (Wildman–Crippen LogP) is 3.59. The summed E-state index contributed by atoms with van der Waals surface area (Å²) in [5.74, 6) is -2.35. The molecular formula is C23H21BrN2O7. The fourth-order valence-corrected chi connectivity index (χ4v) is 3.92. The highest BCUT2D eigenvalue weighted by Crippen LogP contribution is 2.38. The highest BCUT2D eigenvalue weighted by atomic mass is 79.9. The molecule has 9 nitrogen and oxygen atoms in total. The molecule has 0 aliphatic carbocycles. The molecule has 1 aliphatic rings. The number of hydrogen-bond acceptors (Lipinski definition) is 6. The topological polar surface area (TPSA) is 122 Å². The summed E-state index contributed by atoms with van der Waals surface area (Å²) in [4.78, 5) is 49.9. The third kappa shape index (κ3) is 5.40. The lowest BCUT2D eigenvalue weighted by atomic mass is 10.0. The van der Waals surface area contributed by atoms with E-state index in [1.165, 1.54) is 12.1 Å². The SMILES string of the molecule is CCOc1cc(/C=C2/C(=O)NC(=O)N(c3cc(C)cc(C)c3)C2=O)cc(Br)c1OCC(=O)O. The Bertz CT molecular complexity index is 1170. The quantitative estimate of drug-likeness (QED) is 0.425. The first-order chi connectivity index (χ1) is 15.6. The Balaban J connectivity index is 2.03. The van der Waals surface area contributed by atoms with Crippen molar-refractivity contribution in [2.24, 2.45) is 0 Å². The van der Waals surface area contributed by atoms with Gasteiger partial charge in [0.25, 0.3) is 11.8 Å². The van der Waals surface area contributed by atoms with Crippen molar-refractivity contribution in [3.63, 3.8) is 0 Å². The van der Waals surface area contributed by atoms with Crippen molar-refractivity contribution in [1.29, 1.82) is 0 Å². The van der Waals surface area contributed by atoms with Gasteiger partial charge in [-0.05, 0) is 83.7 Å². The normalized spacial score (nSPS) is 15.0. The van der Waals surface area contributed by atoms with Crippen molar-refractivity contribution >= 4 is 51.5 Å². The van der Waals surface area contributed by atoms with Crippen molar-refractivity contribution in [3.05, 3.63) is 57.1 Å². The number of carbonyl (C=O) groups excluding carboxylic acids is 3. The van der Waals surface area contributed by atoms with E-state index in [-0.39, 0.29) is 23.7 Å². The van der Waals surface area contributed by atoms with Gasteiger partial charge < -0.3 is 14.6 Å². The molecule has 3 rings (SSSR count). The van der Waals surface area contributed by atoms with E-state index in [1.54, 1.807) is 25.1 Å². The Hall–Kier alpha value is -3.66. The van der Waals surface area contributed by atoms with Gasteiger partial charge in [-0.3, -0.25) is 14.9 Å². The molecule has 1 fully saturated rings. The number of carboxylic acid groups (broad SMARTS) is 1. The number of aryl methyl sites for hydroxylation is 2. The van der Waals surface area contributed by atoms with Crippen LogP contribution in [0.25, 0.3) is 6.08 Å². The minimum absolute atomic E-state index is 0.174. The fraction of sp³-hybridized carbons (Fsp3) is 0.217. The number of anilines is 1. The number of ether oxygens (including phenoxy) is 2. The molecule has 0 unspecified atom stereocenters. The van der Waals surface area contributed by atoms with Crippen LogP contribution in [-0.4, -0.2) is 42.1 Å². The molecule has 2 aromatic rings. The number of halogens is 1. The summed E-state index contributed by atoms with van der Waals surface area (Å²) in [5, 5.41) is 11.1. The smallest absolute Gasteiger partial charge is 0.341 e. The maximum Gasteiger partial charge on any atom is 0.341 e. The third-order valence-corrected chi connectivity index (χ3v) is 5.14. The van der Waals surface area contributed by atoms with Crippen LogP contribution in [-0.2, 0) is 14.4 Å². The highest BCUT2D eigenvalue weighted by molar-refractivity contribution is 9.10. The summed E-state index contributed by atoms with van der Waals surface area (Å²) in [6.45, 7) is 5.11. The number of hydrogen-bond donors (Lipinski definition) is 2. The summed E-state index contributed by atoms with van der Waals surface area (Å²) in [7, 11) is 0. The lowest BCUT2D eigenvalue weighted by Gasteiger charge is -2.27. The van der Waals surface area contributed by atoms with Gasteiger partial charge in [-0.25, -0.2) is 14.5 Å². The van der Waals surface area contributed by atoms with Gasteiger partial charge in [-0.2, -0.15) is 0 Å². The number of nitrogens with one attached hydrogen (secondary N) is 1. The van der Waals surface area contributed by atoms with E-state index >= 15 is 0 Å². The molecule has 1 aliphatic heterocycles. The Labute approximate surface area is 198 Å². The third-order valence-electron chi connectivity index (χ3n) is 4.55. The summed E-state index contributed by atoms with van der Waals surface area (Å²) >= 11 is 3.31. The first-order valence-electron chi connectivity index (χ1n) is 9.91. The number of carboxylic acids is 1. The van der Waals surface area contributed by atoms with E-state index < -0.39 is 30.4 Å². The molecule has 1 saturated heterocycles. The van der Waals surface area contributed by atoms with Crippen molar-refractivity contribution in [2.45, 2.75) is 20.8 Å². The van der Waals surface area contributed by atoms with Gasteiger partial charge >= 0.3 is 12.0 Å². The Morgan fingerprint density at radius 3 is 2.36 bits per heavy atom. The summed E-state index contributed by atoms with van der Waals surface area (Å²) in [6, 6.07) is 7.48. The molecule has 0 aromatic heterocycles. The molecule has 0 spiro atoms. The Kier molecular flexibility index (Phi) is 7.17. The molecular weight excluding hydrogens is 496 g/mol. The molecule has 2 aromatic carbocycles. The van der Waals surface area contributed by atoms with Crippen LogP contribution >= 0.6 is 15.9 Å². The molecule has 0 saturated carbocycles. The van der Waals surface area contributed by atoms with Crippen LogP contribution in [0.1, 0.15) is 23.6 Å². The van der Waals surface area contributed by atoms with Gasteiger partial charge in [0.1, 0.15) is 5.57 Å². The molecule has 0 bridgehead atoms. The first-order valence-corrected chi connectivity index (χ1v) is 10.7. The average molecular weight is 517 g/mol. The fourth-order valence-electron chi connectivity index (χ4n) is 3.35. The molecule has 4 amide bonds. The van der Waals surface area contributed by atoms with Gasteiger partial charge in [0.05, 0.1) is 16.8 Å². The van der Waals surface area contributed by atoms with Gasteiger partial charge in [0.2, 0.25) is 0 Å². The standard InChI is InChI=1S/C23H21BrN2O7/c1-4-32-18-10-14(9-17(24)20(18)33-11-19(27)28)8-16-21(29)25-23(31)26(22(16)30)15-6-12(2)5-13(3)7-15/h5-10H,4,11H2,1-3H3,(H,27,28)(H,25,29,31)/b16-8-. The molecule has 172 valence electrons. The van der Waals surface area contributed by atoms with E-state index in [2.05, 4.69) is 21.2 Å². The number of nitrogens with zero attached hydrogens (tertiary/aromatic N) is 1. The van der Waals surface area contributed by atoms with Crippen LogP contribution in [0.15, 0.2) is 40.4 Å². The van der Waals surface area contributed by atoms with Gasteiger partial charge in [-0.1, -0.05) is 6.07 Å². The van der Waals surface area contributed by atoms with Crippen molar-refractivity contribution < 1.29 is 33.8 Å². The number of carbonyl (C=O) groups is 4. The number of benzene rings is 2. The van der Waals surface area contributed by atoms with Crippen LogP contribution in [0, 0.1) is 13.8 Å². The summed E-state index contributed by atoms with van der Waals surface area (Å²) in [5.41, 5.74) is 2.22. The van der Waals surface area contributed by atoms with Crippen molar-refractivity contribution in [3.8, 4) is 11.5 Å². The number of aliphatic carboxylic acids is 1. The monoisotopic (exact) mass is 516 g/mol. The number of amides is 4.